The lowest BCUT2D eigenvalue weighted by molar-refractivity contribution is -0.136. The van der Waals surface area contributed by atoms with E-state index < -0.39 is 5.97 Å². The largest absolute Gasteiger partial charge is 0.481 e. The average Bonchev–Trinajstić information content (AvgIpc) is 2.81. The summed E-state index contributed by atoms with van der Waals surface area (Å²) in [6.45, 7) is 2.14. The third-order valence-corrected chi connectivity index (χ3v) is 3.14. The van der Waals surface area contributed by atoms with E-state index in [0.29, 0.717) is 18.7 Å². The standard InChI is InChI=1S/C16H17NO3/c1-12(18)15-9-14(7-8-16(19)20)11-17(15)10-13-5-3-2-4-6-13/h2-6,9,11H,7-8,10H2,1H3,(H,19,20). The highest BCUT2D eigenvalue weighted by Gasteiger charge is 2.11. The topological polar surface area (TPSA) is 59.3 Å². The van der Waals surface area contributed by atoms with Crippen LogP contribution in [-0.4, -0.2) is 21.4 Å². The third kappa shape index (κ3) is 3.57. The second-order valence-corrected chi connectivity index (χ2v) is 4.80. The molecule has 1 aromatic heterocycles. The minimum atomic E-state index is -0.829. The van der Waals surface area contributed by atoms with Gasteiger partial charge in [0.1, 0.15) is 0 Å². The number of hydrogen-bond donors (Lipinski definition) is 1. The smallest absolute Gasteiger partial charge is 0.303 e. The van der Waals surface area contributed by atoms with Crippen LogP contribution in [0.25, 0.3) is 0 Å². The Balaban J connectivity index is 2.22. The van der Waals surface area contributed by atoms with Crippen molar-refractivity contribution in [3.63, 3.8) is 0 Å². The first-order valence-electron chi connectivity index (χ1n) is 6.52. The van der Waals surface area contributed by atoms with Crippen molar-refractivity contribution in [3.8, 4) is 0 Å². The van der Waals surface area contributed by atoms with Crippen LogP contribution in [0, 0.1) is 0 Å². The molecule has 0 aliphatic heterocycles. The fourth-order valence-electron chi connectivity index (χ4n) is 2.17. The van der Waals surface area contributed by atoms with Crippen LogP contribution in [0.4, 0.5) is 0 Å². The quantitative estimate of drug-likeness (QED) is 0.822. The van der Waals surface area contributed by atoms with Gasteiger partial charge in [-0.3, -0.25) is 9.59 Å². The Morgan fingerprint density at radius 2 is 1.85 bits per heavy atom. The fraction of sp³-hybridized carbons (Fsp3) is 0.250. The molecule has 1 N–H and O–H groups in total. The summed E-state index contributed by atoms with van der Waals surface area (Å²) in [5.74, 6) is -0.840. The van der Waals surface area contributed by atoms with Crippen LogP contribution in [0.5, 0.6) is 0 Å². The lowest BCUT2D eigenvalue weighted by atomic mass is 10.2. The van der Waals surface area contributed by atoms with E-state index in [4.69, 9.17) is 5.11 Å². The zero-order chi connectivity index (χ0) is 14.5. The van der Waals surface area contributed by atoms with Crippen LogP contribution in [0.1, 0.15) is 35.0 Å². The van der Waals surface area contributed by atoms with Crippen molar-refractivity contribution >= 4 is 11.8 Å². The Morgan fingerprint density at radius 3 is 2.45 bits per heavy atom. The summed E-state index contributed by atoms with van der Waals surface area (Å²) in [5.41, 5.74) is 2.61. The van der Waals surface area contributed by atoms with Gasteiger partial charge in [-0.15, -0.1) is 0 Å². The molecular formula is C16H17NO3. The van der Waals surface area contributed by atoms with Gasteiger partial charge < -0.3 is 9.67 Å². The molecular weight excluding hydrogens is 254 g/mol. The molecule has 104 valence electrons. The molecule has 2 rings (SSSR count). The van der Waals surface area contributed by atoms with E-state index in [1.165, 1.54) is 6.92 Å². The van der Waals surface area contributed by atoms with Crippen molar-refractivity contribution in [1.82, 2.24) is 4.57 Å². The number of carboxylic acids is 1. The molecule has 0 amide bonds. The summed E-state index contributed by atoms with van der Waals surface area (Å²) in [6.07, 6.45) is 2.39. The van der Waals surface area contributed by atoms with Crippen LogP contribution in [0.15, 0.2) is 42.6 Å². The van der Waals surface area contributed by atoms with Gasteiger partial charge in [0, 0.05) is 26.1 Å². The summed E-state index contributed by atoms with van der Waals surface area (Å²) < 4.78 is 1.88. The van der Waals surface area contributed by atoms with Crippen molar-refractivity contribution < 1.29 is 14.7 Å². The number of Topliss-reactive ketones (excluding diaryl/α,β-unsaturated/α-hetero) is 1. The number of carboxylic acid groups (broad SMARTS) is 1. The van der Waals surface area contributed by atoms with Gasteiger partial charge in [-0.1, -0.05) is 30.3 Å². The number of carbonyl (C=O) groups excluding carboxylic acids is 1. The molecule has 4 nitrogen and oxygen atoms in total. The number of carbonyl (C=O) groups is 2. The first-order valence-corrected chi connectivity index (χ1v) is 6.52. The van der Waals surface area contributed by atoms with Crippen molar-refractivity contribution in [3.05, 3.63) is 59.4 Å². The number of aliphatic carboxylic acids is 1. The zero-order valence-corrected chi connectivity index (χ0v) is 11.4. The molecule has 0 aliphatic rings. The number of benzene rings is 1. The third-order valence-electron chi connectivity index (χ3n) is 3.14. The molecule has 0 fully saturated rings. The predicted octanol–water partition coefficient (Wildman–Crippen LogP) is 2.76. The van der Waals surface area contributed by atoms with Crippen molar-refractivity contribution in [2.75, 3.05) is 0 Å². The van der Waals surface area contributed by atoms with Crippen molar-refractivity contribution in [1.29, 1.82) is 0 Å². The number of hydrogen-bond acceptors (Lipinski definition) is 2. The van der Waals surface area contributed by atoms with E-state index in [9.17, 15) is 9.59 Å². The molecule has 0 bridgehead atoms. The maximum absolute atomic E-state index is 11.7. The highest BCUT2D eigenvalue weighted by molar-refractivity contribution is 5.92. The second-order valence-electron chi connectivity index (χ2n) is 4.80. The Morgan fingerprint density at radius 1 is 1.15 bits per heavy atom. The van der Waals surface area contributed by atoms with Crippen LogP contribution in [-0.2, 0) is 17.8 Å². The number of nitrogens with zero attached hydrogens (tertiary/aromatic N) is 1. The summed E-state index contributed by atoms with van der Waals surface area (Å²) in [7, 11) is 0. The highest BCUT2D eigenvalue weighted by Crippen LogP contribution is 2.14. The molecule has 2 aromatic rings. The van der Waals surface area contributed by atoms with Gasteiger partial charge in [0.2, 0.25) is 0 Å². The maximum Gasteiger partial charge on any atom is 0.303 e. The second kappa shape index (κ2) is 6.19. The first-order chi connectivity index (χ1) is 9.56. The summed E-state index contributed by atoms with van der Waals surface area (Å²) in [5, 5.41) is 8.72. The Kier molecular flexibility index (Phi) is 4.35. The van der Waals surface area contributed by atoms with E-state index in [2.05, 4.69) is 0 Å². The van der Waals surface area contributed by atoms with Gasteiger partial charge in [0.05, 0.1) is 5.69 Å². The molecule has 0 unspecified atom stereocenters. The van der Waals surface area contributed by atoms with Crippen LogP contribution >= 0.6 is 0 Å². The minimum Gasteiger partial charge on any atom is -0.481 e. The zero-order valence-electron chi connectivity index (χ0n) is 11.4. The minimum absolute atomic E-state index is 0.0116. The van der Waals surface area contributed by atoms with Crippen molar-refractivity contribution in [2.24, 2.45) is 0 Å². The van der Waals surface area contributed by atoms with Gasteiger partial charge in [0.25, 0.3) is 0 Å². The van der Waals surface area contributed by atoms with Gasteiger partial charge in [-0.05, 0) is 23.6 Å². The SMILES string of the molecule is CC(=O)c1cc(CCC(=O)O)cn1Cc1ccccc1. The lowest BCUT2D eigenvalue weighted by Gasteiger charge is -2.06. The molecule has 1 aromatic carbocycles. The van der Waals surface area contributed by atoms with Gasteiger partial charge >= 0.3 is 5.97 Å². The van der Waals surface area contributed by atoms with E-state index in [-0.39, 0.29) is 12.2 Å². The number of aromatic nitrogens is 1. The lowest BCUT2D eigenvalue weighted by Crippen LogP contribution is -2.06. The predicted molar refractivity (Wildman–Crippen MR) is 75.9 cm³/mol. The van der Waals surface area contributed by atoms with Crippen molar-refractivity contribution in [2.45, 2.75) is 26.3 Å². The van der Waals surface area contributed by atoms with Gasteiger partial charge in [-0.2, -0.15) is 0 Å². The molecule has 0 radical (unpaired) electrons. The summed E-state index contributed by atoms with van der Waals surface area (Å²) >= 11 is 0. The van der Waals surface area contributed by atoms with E-state index in [1.54, 1.807) is 6.07 Å². The normalized spacial score (nSPS) is 10.4. The Bertz CT molecular complexity index is 614. The van der Waals surface area contributed by atoms with Crippen LogP contribution in [0.3, 0.4) is 0 Å². The first kappa shape index (κ1) is 14.1. The number of aryl methyl sites for hydroxylation is 1. The fourth-order valence-corrected chi connectivity index (χ4v) is 2.17. The van der Waals surface area contributed by atoms with Crippen LogP contribution in [0.2, 0.25) is 0 Å². The average molecular weight is 271 g/mol. The Labute approximate surface area is 117 Å². The molecule has 0 saturated carbocycles. The summed E-state index contributed by atoms with van der Waals surface area (Å²) in [6, 6.07) is 11.6. The molecule has 1 heterocycles. The number of ketones is 1. The van der Waals surface area contributed by atoms with E-state index in [1.807, 2.05) is 41.1 Å². The molecule has 0 aliphatic carbocycles. The molecule has 0 saturated heterocycles. The van der Waals surface area contributed by atoms with Crippen LogP contribution < -0.4 is 0 Å². The maximum atomic E-state index is 11.7. The molecule has 0 atom stereocenters. The highest BCUT2D eigenvalue weighted by atomic mass is 16.4. The van der Waals surface area contributed by atoms with E-state index in [0.717, 1.165) is 11.1 Å². The number of rotatable bonds is 6. The van der Waals surface area contributed by atoms with Gasteiger partial charge in [0.15, 0.2) is 5.78 Å². The molecule has 20 heavy (non-hydrogen) atoms. The summed E-state index contributed by atoms with van der Waals surface area (Å²) in [4.78, 5) is 22.3. The molecule has 0 spiro atoms. The monoisotopic (exact) mass is 271 g/mol. The van der Waals surface area contributed by atoms with Gasteiger partial charge in [-0.25, -0.2) is 0 Å². The molecule has 4 heteroatoms. The van der Waals surface area contributed by atoms with E-state index >= 15 is 0 Å². The Hall–Kier alpha value is -2.36.